The molecule has 1 unspecified atom stereocenters. The summed E-state index contributed by atoms with van der Waals surface area (Å²) in [5.74, 6) is -0.987. The van der Waals surface area contributed by atoms with Gasteiger partial charge in [0.05, 0.1) is 0 Å². The molecular formula is C24H23N3O3. The van der Waals surface area contributed by atoms with Crippen molar-refractivity contribution in [2.75, 3.05) is 12.4 Å². The number of carbonyl (C=O) groups excluding carboxylic acids is 3. The fourth-order valence-electron chi connectivity index (χ4n) is 3.11. The molecule has 152 valence electrons. The Morgan fingerprint density at radius 3 is 2.03 bits per heavy atom. The van der Waals surface area contributed by atoms with E-state index in [2.05, 4.69) is 16.0 Å². The molecule has 6 nitrogen and oxygen atoms in total. The van der Waals surface area contributed by atoms with Gasteiger partial charge in [-0.15, -0.1) is 0 Å². The van der Waals surface area contributed by atoms with Crippen molar-refractivity contribution in [3.8, 4) is 0 Å². The van der Waals surface area contributed by atoms with Gasteiger partial charge in [0.15, 0.2) is 0 Å². The maximum absolute atomic E-state index is 13.2. The Bertz CT molecular complexity index is 1050. The summed E-state index contributed by atoms with van der Waals surface area (Å²) in [6.07, 6.45) is 0. The summed E-state index contributed by atoms with van der Waals surface area (Å²) in [5.41, 5.74) is 2.74. The molecule has 0 radical (unpaired) electrons. The molecule has 0 aliphatic heterocycles. The van der Waals surface area contributed by atoms with Crippen LogP contribution in [0.25, 0.3) is 0 Å². The standard InChI is InChI=1S/C24H23N3O3/c1-16-19(23(29)25-2)14-9-15-20(16)26-24(30)21(17-10-5-3-6-11-17)27-22(28)18-12-7-4-8-13-18/h3-15,21H,1-2H3,(H,25,29)(H,26,30)(H,27,28). The van der Waals surface area contributed by atoms with Crippen LogP contribution in [0.1, 0.15) is 37.9 Å². The summed E-state index contributed by atoms with van der Waals surface area (Å²) in [6, 6.07) is 22.0. The minimum absolute atomic E-state index is 0.236. The second-order valence-corrected chi connectivity index (χ2v) is 6.73. The average molecular weight is 401 g/mol. The van der Waals surface area contributed by atoms with Gasteiger partial charge < -0.3 is 16.0 Å². The maximum atomic E-state index is 13.2. The van der Waals surface area contributed by atoms with Crippen LogP contribution in [0.5, 0.6) is 0 Å². The smallest absolute Gasteiger partial charge is 0.252 e. The zero-order valence-corrected chi connectivity index (χ0v) is 16.8. The van der Waals surface area contributed by atoms with Gasteiger partial charge in [-0.05, 0) is 42.3 Å². The van der Waals surface area contributed by atoms with Crippen molar-refractivity contribution in [3.05, 3.63) is 101 Å². The summed E-state index contributed by atoms with van der Waals surface area (Å²) < 4.78 is 0. The highest BCUT2D eigenvalue weighted by Crippen LogP contribution is 2.22. The lowest BCUT2D eigenvalue weighted by atomic mass is 10.0. The lowest BCUT2D eigenvalue weighted by molar-refractivity contribution is -0.118. The second kappa shape index (κ2) is 9.52. The van der Waals surface area contributed by atoms with Crippen molar-refractivity contribution in [2.24, 2.45) is 0 Å². The van der Waals surface area contributed by atoms with Crippen LogP contribution >= 0.6 is 0 Å². The topological polar surface area (TPSA) is 87.3 Å². The SMILES string of the molecule is CNC(=O)c1cccc(NC(=O)C(NC(=O)c2ccccc2)c2ccccc2)c1C. The number of hydrogen-bond donors (Lipinski definition) is 3. The van der Waals surface area contributed by atoms with E-state index in [1.54, 1.807) is 68.6 Å². The summed E-state index contributed by atoms with van der Waals surface area (Å²) in [5, 5.41) is 8.25. The van der Waals surface area contributed by atoms with Gasteiger partial charge in [0.1, 0.15) is 6.04 Å². The van der Waals surface area contributed by atoms with E-state index >= 15 is 0 Å². The van der Waals surface area contributed by atoms with E-state index in [1.165, 1.54) is 0 Å². The molecule has 0 aliphatic carbocycles. The molecule has 3 N–H and O–H groups in total. The largest absolute Gasteiger partial charge is 0.355 e. The van der Waals surface area contributed by atoms with Crippen molar-refractivity contribution in [3.63, 3.8) is 0 Å². The molecular weight excluding hydrogens is 378 g/mol. The van der Waals surface area contributed by atoms with Crippen LogP contribution in [0.4, 0.5) is 5.69 Å². The van der Waals surface area contributed by atoms with Gasteiger partial charge in [0.2, 0.25) is 0 Å². The van der Waals surface area contributed by atoms with Gasteiger partial charge in [-0.25, -0.2) is 0 Å². The van der Waals surface area contributed by atoms with Crippen molar-refractivity contribution in [2.45, 2.75) is 13.0 Å². The fourth-order valence-corrected chi connectivity index (χ4v) is 3.11. The third-order valence-corrected chi connectivity index (χ3v) is 4.77. The van der Waals surface area contributed by atoms with Crippen molar-refractivity contribution < 1.29 is 14.4 Å². The minimum Gasteiger partial charge on any atom is -0.355 e. The van der Waals surface area contributed by atoms with Crippen molar-refractivity contribution >= 4 is 23.4 Å². The Hall–Kier alpha value is -3.93. The number of carbonyl (C=O) groups is 3. The monoisotopic (exact) mass is 401 g/mol. The highest BCUT2D eigenvalue weighted by molar-refractivity contribution is 6.03. The first-order valence-corrected chi connectivity index (χ1v) is 9.54. The molecule has 3 amide bonds. The van der Waals surface area contributed by atoms with E-state index in [-0.39, 0.29) is 11.8 Å². The molecule has 0 bridgehead atoms. The maximum Gasteiger partial charge on any atom is 0.252 e. The normalized spacial score (nSPS) is 11.3. The average Bonchev–Trinajstić information content (AvgIpc) is 2.79. The number of hydrogen-bond acceptors (Lipinski definition) is 3. The highest BCUT2D eigenvalue weighted by atomic mass is 16.2. The van der Waals surface area contributed by atoms with Gasteiger partial charge >= 0.3 is 0 Å². The van der Waals surface area contributed by atoms with E-state index in [0.717, 1.165) is 0 Å². The van der Waals surface area contributed by atoms with E-state index in [0.29, 0.717) is 27.9 Å². The molecule has 1 atom stereocenters. The Morgan fingerprint density at radius 1 is 0.767 bits per heavy atom. The van der Waals surface area contributed by atoms with Crippen LogP contribution in [0.15, 0.2) is 78.9 Å². The first-order valence-electron chi connectivity index (χ1n) is 9.54. The fraction of sp³-hybridized carbons (Fsp3) is 0.125. The van der Waals surface area contributed by atoms with Gasteiger partial charge in [-0.1, -0.05) is 54.6 Å². The Morgan fingerprint density at radius 2 is 1.40 bits per heavy atom. The molecule has 3 aromatic rings. The van der Waals surface area contributed by atoms with Gasteiger partial charge in [0, 0.05) is 23.9 Å². The molecule has 0 saturated heterocycles. The zero-order valence-electron chi connectivity index (χ0n) is 16.8. The van der Waals surface area contributed by atoms with Crippen LogP contribution < -0.4 is 16.0 Å². The van der Waals surface area contributed by atoms with E-state index in [1.807, 2.05) is 24.3 Å². The third-order valence-electron chi connectivity index (χ3n) is 4.77. The number of anilines is 1. The van der Waals surface area contributed by atoms with Gasteiger partial charge in [0.25, 0.3) is 17.7 Å². The van der Waals surface area contributed by atoms with Gasteiger partial charge in [-0.2, -0.15) is 0 Å². The molecule has 0 spiro atoms. The predicted molar refractivity (Wildman–Crippen MR) is 116 cm³/mol. The highest BCUT2D eigenvalue weighted by Gasteiger charge is 2.24. The van der Waals surface area contributed by atoms with Crippen LogP contribution in [-0.2, 0) is 4.79 Å². The number of amides is 3. The molecule has 30 heavy (non-hydrogen) atoms. The lowest BCUT2D eigenvalue weighted by Crippen LogP contribution is -2.37. The second-order valence-electron chi connectivity index (χ2n) is 6.73. The number of rotatable bonds is 6. The Balaban J connectivity index is 1.88. The molecule has 0 saturated carbocycles. The summed E-state index contributed by atoms with van der Waals surface area (Å²) >= 11 is 0. The zero-order chi connectivity index (χ0) is 21.5. The summed E-state index contributed by atoms with van der Waals surface area (Å²) in [7, 11) is 1.55. The van der Waals surface area contributed by atoms with E-state index in [9.17, 15) is 14.4 Å². The minimum atomic E-state index is -0.901. The van der Waals surface area contributed by atoms with E-state index < -0.39 is 11.9 Å². The van der Waals surface area contributed by atoms with Crippen LogP contribution in [-0.4, -0.2) is 24.8 Å². The van der Waals surface area contributed by atoms with Crippen LogP contribution in [0.3, 0.4) is 0 Å². The first kappa shape index (κ1) is 20.8. The van der Waals surface area contributed by atoms with Crippen LogP contribution in [0.2, 0.25) is 0 Å². The first-order chi connectivity index (χ1) is 14.5. The molecule has 6 heteroatoms. The van der Waals surface area contributed by atoms with Gasteiger partial charge in [-0.3, -0.25) is 14.4 Å². The molecule has 0 aliphatic rings. The van der Waals surface area contributed by atoms with Crippen molar-refractivity contribution in [1.82, 2.24) is 10.6 Å². The molecule has 3 aromatic carbocycles. The third kappa shape index (κ3) is 4.72. The van der Waals surface area contributed by atoms with Crippen LogP contribution in [0, 0.1) is 6.92 Å². The number of nitrogens with one attached hydrogen (secondary N) is 3. The molecule has 3 rings (SSSR count). The summed E-state index contributed by atoms with van der Waals surface area (Å²) in [6.45, 7) is 1.76. The van der Waals surface area contributed by atoms with E-state index in [4.69, 9.17) is 0 Å². The predicted octanol–water partition coefficient (Wildman–Crippen LogP) is 3.46. The molecule has 0 aromatic heterocycles. The quantitative estimate of drug-likeness (QED) is 0.591. The Labute approximate surface area is 175 Å². The lowest BCUT2D eigenvalue weighted by Gasteiger charge is -2.20. The summed E-state index contributed by atoms with van der Waals surface area (Å²) in [4.78, 5) is 37.9. The number of benzene rings is 3. The molecule has 0 heterocycles. The molecule has 0 fully saturated rings. The van der Waals surface area contributed by atoms with Crippen molar-refractivity contribution in [1.29, 1.82) is 0 Å². The Kier molecular flexibility index (Phi) is 6.60.